The Morgan fingerprint density at radius 3 is 1.81 bits per heavy atom. The summed E-state index contributed by atoms with van der Waals surface area (Å²) in [4.78, 5) is 11.3. The van der Waals surface area contributed by atoms with Gasteiger partial charge in [-0.15, -0.1) is 0 Å². The third-order valence-electron chi connectivity index (χ3n) is 2.48. The lowest BCUT2D eigenvalue weighted by Crippen LogP contribution is -2.26. The lowest BCUT2D eigenvalue weighted by Gasteiger charge is -2.20. The molecule has 98 valence electrons. The summed E-state index contributed by atoms with van der Waals surface area (Å²) in [5.41, 5.74) is -0.157. The molecule has 2 nitrogen and oxygen atoms in total. The Morgan fingerprint density at radius 2 is 1.50 bits per heavy atom. The van der Waals surface area contributed by atoms with Crippen LogP contribution in [0.2, 0.25) is 0 Å². The van der Waals surface area contributed by atoms with E-state index in [9.17, 15) is 4.79 Å². The first-order chi connectivity index (χ1) is 7.60. The first kappa shape index (κ1) is 17.9. The summed E-state index contributed by atoms with van der Waals surface area (Å²) in [5, 5.41) is 0. The molecule has 0 spiro atoms. The van der Waals surface area contributed by atoms with Gasteiger partial charge in [0.05, 0.1) is 12.0 Å². The van der Waals surface area contributed by atoms with Gasteiger partial charge in [0.15, 0.2) is 0 Å². The molecule has 0 aromatic heterocycles. The maximum Gasteiger partial charge on any atom is 0.311 e. The van der Waals surface area contributed by atoms with Gasteiger partial charge in [0, 0.05) is 0 Å². The first-order valence-electron chi connectivity index (χ1n) is 6.78. The molecule has 0 aromatic carbocycles. The minimum Gasteiger partial charge on any atom is -0.466 e. The van der Waals surface area contributed by atoms with Crippen LogP contribution in [0.3, 0.4) is 0 Å². The number of esters is 1. The fraction of sp³-hybridized carbons (Fsp3) is 0.929. The van der Waals surface area contributed by atoms with Crippen LogP contribution in [0, 0.1) is 5.41 Å². The molecule has 0 saturated heterocycles. The molecule has 1 rings (SSSR count). The third kappa shape index (κ3) is 6.86. The van der Waals surface area contributed by atoms with Crippen LogP contribution in [0.4, 0.5) is 0 Å². The first-order valence-corrected chi connectivity index (χ1v) is 6.78. The highest BCUT2D eigenvalue weighted by atomic mass is 16.5. The van der Waals surface area contributed by atoms with Gasteiger partial charge in [0.25, 0.3) is 0 Å². The van der Waals surface area contributed by atoms with Gasteiger partial charge in [0.1, 0.15) is 0 Å². The van der Waals surface area contributed by atoms with Gasteiger partial charge in [0.2, 0.25) is 0 Å². The van der Waals surface area contributed by atoms with Gasteiger partial charge >= 0.3 is 5.97 Å². The summed E-state index contributed by atoms with van der Waals surface area (Å²) in [6.07, 6.45) is 5.61. The van der Waals surface area contributed by atoms with E-state index in [0.29, 0.717) is 6.61 Å². The summed E-state index contributed by atoms with van der Waals surface area (Å²) >= 11 is 0. The fourth-order valence-corrected chi connectivity index (χ4v) is 1.66. The van der Waals surface area contributed by atoms with Gasteiger partial charge in [-0.3, -0.25) is 4.79 Å². The summed E-state index contributed by atoms with van der Waals surface area (Å²) < 4.78 is 4.99. The zero-order chi connectivity index (χ0) is 13.0. The zero-order valence-electron chi connectivity index (χ0n) is 12.1. The fourth-order valence-electron chi connectivity index (χ4n) is 1.66. The molecule has 0 atom stereocenters. The van der Waals surface area contributed by atoms with E-state index in [0.717, 1.165) is 12.8 Å². The summed E-state index contributed by atoms with van der Waals surface area (Å²) in [6.45, 7) is 12.6. The predicted octanol–water partition coefficient (Wildman–Crippen LogP) is 4.57. The Balaban J connectivity index is 0. The van der Waals surface area contributed by atoms with Gasteiger partial charge in [-0.25, -0.2) is 0 Å². The van der Waals surface area contributed by atoms with E-state index in [1.807, 2.05) is 27.7 Å². The van der Waals surface area contributed by atoms with Crippen LogP contribution in [-0.4, -0.2) is 12.6 Å². The zero-order valence-corrected chi connectivity index (χ0v) is 12.1. The predicted molar refractivity (Wildman–Crippen MR) is 70.5 cm³/mol. The number of hydrogen-bond acceptors (Lipinski definition) is 2. The van der Waals surface area contributed by atoms with Crippen molar-refractivity contribution in [3.8, 4) is 0 Å². The maximum absolute atomic E-state index is 11.3. The lowest BCUT2D eigenvalue weighted by atomic mass is 9.89. The van der Waals surface area contributed by atoms with Crippen LogP contribution >= 0.6 is 0 Å². The minimum absolute atomic E-state index is 0.00231. The van der Waals surface area contributed by atoms with Crippen LogP contribution in [0.25, 0.3) is 0 Å². The van der Waals surface area contributed by atoms with Crippen molar-refractivity contribution in [2.45, 2.75) is 73.6 Å². The lowest BCUT2D eigenvalue weighted by molar-refractivity contribution is -0.154. The number of ether oxygens (including phenoxy) is 1. The highest BCUT2D eigenvalue weighted by Gasteiger charge is 2.37. The second-order valence-corrected chi connectivity index (χ2v) is 4.20. The average Bonchev–Trinajstić information content (AvgIpc) is 2.71. The molecule has 2 heteroatoms. The Hall–Kier alpha value is -0.530. The SMILES string of the molecule is CC.CCC.CCOC(=O)C1(C)CCCC1. The molecular weight excluding hydrogens is 200 g/mol. The van der Waals surface area contributed by atoms with Crippen molar-refractivity contribution in [3.05, 3.63) is 0 Å². The summed E-state index contributed by atoms with van der Waals surface area (Å²) in [5.74, 6) is -0.00231. The van der Waals surface area contributed by atoms with E-state index in [-0.39, 0.29) is 11.4 Å². The molecule has 1 fully saturated rings. The van der Waals surface area contributed by atoms with Crippen LogP contribution in [0.5, 0.6) is 0 Å². The quantitative estimate of drug-likeness (QED) is 0.649. The van der Waals surface area contributed by atoms with E-state index in [2.05, 4.69) is 13.8 Å². The molecule has 0 unspecified atom stereocenters. The van der Waals surface area contributed by atoms with Crippen LogP contribution in [-0.2, 0) is 9.53 Å². The third-order valence-corrected chi connectivity index (χ3v) is 2.48. The van der Waals surface area contributed by atoms with Crippen molar-refractivity contribution < 1.29 is 9.53 Å². The smallest absolute Gasteiger partial charge is 0.311 e. The molecule has 1 aliphatic carbocycles. The normalized spacial score (nSPS) is 16.4. The van der Waals surface area contributed by atoms with Crippen molar-refractivity contribution in [3.63, 3.8) is 0 Å². The van der Waals surface area contributed by atoms with Gasteiger partial charge in [-0.05, 0) is 26.7 Å². The van der Waals surface area contributed by atoms with Crippen molar-refractivity contribution in [2.75, 3.05) is 6.61 Å². The molecule has 1 saturated carbocycles. The van der Waals surface area contributed by atoms with Gasteiger partial charge < -0.3 is 4.74 Å². The standard InChI is InChI=1S/C9H16O2.C3H8.C2H6/c1-3-11-8(10)9(2)6-4-5-7-9;1-3-2;1-2/h3-7H2,1-2H3;3H2,1-2H3;1-2H3. The van der Waals surface area contributed by atoms with E-state index < -0.39 is 0 Å². The molecule has 0 heterocycles. The highest BCUT2D eigenvalue weighted by Crippen LogP contribution is 2.38. The van der Waals surface area contributed by atoms with Crippen molar-refractivity contribution in [1.82, 2.24) is 0 Å². The second-order valence-electron chi connectivity index (χ2n) is 4.20. The molecule has 0 aliphatic heterocycles. The highest BCUT2D eigenvalue weighted by molar-refractivity contribution is 5.76. The van der Waals surface area contributed by atoms with E-state index in [4.69, 9.17) is 4.74 Å². The molecule has 0 bridgehead atoms. The summed E-state index contributed by atoms with van der Waals surface area (Å²) in [7, 11) is 0. The van der Waals surface area contributed by atoms with Gasteiger partial charge in [-0.2, -0.15) is 0 Å². The van der Waals surface area contributed by atoms with Crippen molar-refractivity contribution >= 4 is 5.97 Å². The average molecular weight is 230 g/mol. The van der Waals surface area contributed by atoms with Crippen LogP contribution < -0.4 is 0 Å². The topological polar surface area (TPSA) is 26.3 Å². The molecular formula is C14H30O2. The van der Waals surface area contributed by atoms with Gasteiger partial charge in [-0.1, -0.05) is 47.0 Å². The molecule has 1 aliphatic rings. The molecule has 0 radical (unpaired) electrons. The number of rotatable bonds is 2. The Kier molecular flexibility index (Phi) is 12.2. The minimum atomic E-state index is -0.157. The number of hydrogen-bond donors (Lipinski definition) is 0. The summed E-state index contributed by atoms with van der Waals surface area (Å²) in [6, 6.07) is 0. The van der Waals surface area contributed by atoms with E-state index in [1.165, 1.54) is 19.3 Å². The van der Waals surface area contributed by atoms with Crippen molar-refractivity contribution in [1.29, 1.82) is 0 Å². The molecule has 16 heavy (non-hydrogen) atoms. The van der Waals surface area contributed by atoms with Crippen molar-refractivity contribution in [2.24, 2.45) is 5.41 Å². The van der Waals surface area contributed by atoms with Crippen LogP contribution in [0.15, 0.2) is 0 Å². The van der Waals surface area contributed by atoms with E-state index in [1.54, 1.807) is 0 Å². The number of carbonyl (C=O) groups is 1. The largest absolute Gasteiger partial charge is 0.466 e. The Morgan fingerprint density at radius 1 is 1.12 bits per heavy atom. The monoisotopic (exact) mass is 230 g/mol. The Bertz CT molecular complexity index is 158. The van der Waals surface area contributed by atoms with E-state index >= 15 is 0 Å². The molecule has 0 amide bonds. The number of carbonyl (C=O) groups excluding carboxylic acids is 1. The Labute approximate surface area is 102 Å². The molecule has 0 N–H and O–H groups in total. The van der Waals surface area contributed by atoms with Crippen LogP contribution in [0.1, 0.15) is 73.6 Å². The second kappa shape index (κ2) is 11.0. The maximum atomic E-state index is 11.3. The molecule has 0 aromatic rings.